The highest BCUT2D eigenvalue weighted by Gasteiger charge is 2.29. The van der Waals surface area contributed by atoms with E-state index in [4.69, 9.17) is 31.3 Å². The number of nitrogens with one attached hydrogen (secondary N) is 1. The first-order valence-corrected chi connectivity index (χ1v) is 12.9. The maximum absolute atomic E-state index is 11.4. The summed E-state index contributed by atoms with van der Waals surface area (Å²) in [6.45, 7) is 6.19. The lowest BCUT2D eigenvalue weighted by Gasteiger charge is -2.30. The largest absolute Gasteiger partial charge is 0.508 e. The van der Waals surface area contributed by atoms with Gasteiger partial charge >= 0.3 is 0 Å². The number of carboxylic acid groups (broad SMARTS) is 1. The van der Waals surface area contributed by atoms with Gasteiger partial charge < -0.3 is 30.0 Å². The summed E-state index contributed by atoms with van der Waals surface area (Å²) in [5, 5.41) is 32.9. The molecule has 0 bridgehead atoms. The number of imidazole rings is 1. The van der Waals surface area contributed by atoms with Crippen molar-refractivity contribution in [3.63, 3.8) is 0 Å². The third-order valence-corrected chi connectivity index (χ3v) is 7.25. The number of carbonyl (C=O) groups excluding carboxylic acids is 1. The van der Waals surface area contributed by atoms with Crippen LogP contribution in [0.3, 0.4) is 0 Å². The minimum Gasteiger partial charge on any atom is -0.508 e. The van der Waals surface area contributed by atoms with E-state index in [0.717, 1.165) is 47.8 Å². The Morgan fingerprint density at radius 2 is 1.86 bits per heavy atom. The Labute approximate surface area is 223 Å². The Morgan fingerprint density at radius 1 is 1.22 bits per heavy atom. The van der Waals surface area contributed by atoms with Gasteiger partial charge in [-0.1, -0.05) is 43.5 Å². The predicted molar refractivity (Wildman–Crippen MR) is 146 cm³/mol. The molecule has 0 spiro atoms. The summed E-state index contributed by atoms with van der Waals surface area (Å²) < 4.78 is 2.24. The molecule has 1 saturated carbocycles. The maximum atomic E-state index is 11.4. The predicted octanol–water partition coefficient (Wildman–Crippen LogP) is 5.28. The second-order valence-electron chi connectivity index (χ2n) is 9.48. The summed E-state index contributed by atoms with van der Waals surface area (Å²) in [4.78, 5) is 21.3. The average Bonchev–Trinajstić information content (AvgIpc) is 3.29. The van der Waals surface area contributed by atoms with Crippen molar-refractivity contribution in [2.24, 2.45) is 5.92 Å². The normalized spacial score (nSPS) is 18.6. The molecular formula is C28H38ClN3O5. The van der Waals surface area contributed by atoms with Crippen LogP contribution >= 0.6 is 11.6 Å². The Balaban J connectivity index is 0.000000898. The molecule has 3 aromatic rings. The standard InChI is InChI=1S/C26H34ClN3O2.CH2O2.CH2O/c1-16-5-4-6-20(15-16)30-22-13-14-23(31)21(12-7-17(2)28-3)24(22)29-26(30)25(32)18-8-10-19(27)11-9-18;2-1-3;1-2/h8-11,13-14,16-17,20,25,28,31-32H,4-7,12,15H2,1-3H3;1H,(H,2,3);1H2. The third-order valence-electron chi connectivity index (χ3n) is 6.99. The van der Waals surface area contributed by atoms with Crippen LogP contribution in [-0.2, 0) is 16.0 Å². The van der Waals surface area contributed by atoms with E-state index in [1.807, 2.05) is 32.0 Å². The Kier molecular flexibility index (Phi) is 12.0. The van der Waals surface area contributed by atoms with Gasteiger partial charge in [-0.3, -0.25) is 4.79 Å². The zero-order valence-corrected chi connectivity index (χ0v) is 22.5. The number of rotatable bonds is 7. The molecule has 4 atom stereocenters. The second-order valence-corrected chi connectivity index (χ2v) is 9.92. The highest BCUT2D eigenvalue weighted by Crippen LogP contribution is 2.40. The van der Waals surface area contributed by atoms with Gasteiger partial charge in [-0.2, -0.15) is 0 Å². The van der Waals surface area contributed by atoms with E-state index in [2.05, 4.69) is 23.7 Å². The van der Waals surface area contributed by atoms with Crippen LogP contribution in [0.2, 0.25) is 5.02 Å². The molecule has 1 aliphatic carbocycles. The number of aromatic nitrogens is 2. The number of benzene rings is 2. The second kappa shape index (κ2) is 14.7. The van der Waals surface area contributed by atoms with Gasteiger partial charge in [-0.15, -0.1) is 0 Å². The van der Waals surface area contributed by atoms with E-state index in [0.29, 0.717) is 22.8 Å². The zero-order valence-electron chi connectivity index (χ0n) is 21.7. The van der Waals surface area contributed by atoms with Gasteiger partial charge in [-0.05, 0) is 75.4 Å². The van der Waals surface area contributed by atoms with Crippen LogP contribution in [0.25, 0.3) is 11.0 Å². The first-order chi connectivity index (χ1) is 17.8. The topological polar surface area (TPSA) is 125 Å². The quantitative estimate of drug-likeness (QED) is 0.305. The Hall–Kier alpha value is -2.94. The smallest absolute Gasteiger partial charge is 0.290 e. The fraction of sp³-hybridized carbons (Fsp3) is 0.464. The number of nitrogens with zero attached hydrogens (tertiary/aromatic N) is 2. The highest BCUT2D eigenvalue weighted by atomic mass is 35.5. The molecule has 0 radical (unpaired) electrons. The van der Waals surface area contributed by atoms with Crippen LogP contribution in [0.5, 0.6) is 5.75 Å². The average molecular weight is 532 g/mol. The molecular weight excluding hydrogens is 494 g/mol. The molecule has 4 N–H and O–H groups in total. The van der Waals surface area contributed by atoms with Gasteiger partial charge in [0.2, 0.25) is 0 Å². The van der Waals surface area contributed by atoms with E-state index in [9.17, 15) is 10.2 Å². The van der Waals surface area contributed by atoms with Crippen molar-refractivity contribution >= 4 is 35.9 Å². The monoisotopic (exact) mass is 531 g/mol. The lowest BCUT2D eigenvalue weighted by molar-refractivity contribution is -0.122. The van der Waals surface area contributed by atoms with Crippen molar-refractivity contribution < 1.29 is 24.9 Å². The minimum absolute atomic E-state index is 0.250. The van der Waals surface area contributed by atoms with Gasteiger partial charge in [0.25, 0.3) is 6.47 Å². The van der Waals surface area contributed by atoms with Crippen LogP contribution in [-0.4, -0.2) is 51.2 Å². The molecule has 0 saturated heterocycles. The van der Waals surface area contributed by atoms with Gasteiger partial charge in [0.15, 0.2) is 0 Å². The zero-order chi connectivity index (χ0) is 27.5. The molecule has 4 unspecified atom stereocenters. The summed E-state index contributed by atoms with van der Waals surface area (Å²) in [7, 11) is 1.95. The van der Waals surface area contributed by atoms with Crippen molar-refractivity contribution in [1.29, 1.82) is 0 Å². The van der Waals surface area contributed by atoms with Crippen LogP contribution in [0.1, 0.15) is 75.0 Å². The molecule has 1 aliphatic rings. The third kappa shape index (κ3) is 7.53. The maximum Gasteiger partial charge on any atom is 0.290 e. The number of carbonyl (C=O) groups is 2. The molecule has 0 amide bonds. The van der Waals surface area contributed by atoms with Crippen molar-refractivity contribution in [1.82, 2.24) is 14.9 Å². The summed E-state index contributed by atoms with van der Waals surface area (Å²) >= 11 is 6.07. The first-order valence-electron chi connectivity index (χ1n) is 12.5. The van der Waals surface area contributed by atoms with Gasteiger partial charge in [0.05, 0.1) is 11.0 Å². The number of hydrogen-bond donors (Lipinski definition) is 4. The number of fused-ring (bicyclic) bond motifs is 1. The number of phenols is 1. The lowest BCUT2D eigenvalue weighted by atomic mass is 9.86. The molecule has 1 fully saturated rings. The molecule has 202 valence electrons. The van der Waals surface area contributed by atoms with Crippen molar-refractivity contribution in [3.8, 4) is 5.75 Å². The molecule has 4 rings (SSSR count). The van der Waals surface area contributed by atoms with E-state index >= 15 is 0 Å². The van der Waals surface area contributed by atoms with Crippen LogP contribution < -0.4 is 5.32 Å². The van der Waals surface area contributed by atoms with Crippen molar-refractivity contribution in [2.75, 3.05) is 7.05 Å². The fourth-order valence-electron chi connectivity index (χ4n) is 4.98. The molecule has 9 heteroatoms. The number of aromatic hydroxyl groups is 1. The SMILES string of the molecule is C=O.CNC(C)CCc1c(O)ccc2c1nc(C(O)c1ccc(Cl)cc1)n2C1CCCC(C)C1.O=CO. The molecule has 0 aliphatic heterocycles. The van der Waals surface area contributed by atoms with Crippen LogP contribution in [0, 0.1) is 5.92 Å². The molecule has 1 aromatic heterocycles. The van der Waals surface area contributed by atoms with E-state index in [1.165, 1.54) is 12.8 Å². The minimum atomic E-state index is -0.858. The lowest BCUT2D eigenvalue weighted by Crippen LogP contribution is -2.21. The van der Waals surface area contributed by atoms with E-state index in [1.54, 1.807) is 18.2 Å². The number of phenolic OH excluding ortho intramolecular Hbond substituents is 1. The van der Waals surface area contributed by atoms with Crippen LogP contribution in [0.4, 0.5) is 0 Å². The van der Waals surface area contributed by atoms with Gasteiger partial charge in [-0.25, -0.2) is 4.98 Å². The summed E-state index contributed by atoms with van der Waals surface area (Å²) in [6, 6.07) is 11.7. The van der Waals surface area contributed by atoms with Crippen molar-refractivity contribution in [2.45, 2.75) is 70.6 Å². The van der Waals surface area contributed by atoms with Gasteiger partial charge in [0, 0.05) is 22.7 Å². The summed E-state index contributed by atoms with van der Waals surface area (Å²) in [5.41, 5.74) is 3.42. The summed E-state index contributed by atoms with van der Waals surface area (Å²) in [6.07, 6.45) is 5.31. The fourth-order valence-corrected chi connectivity index (χ4v) is 5.11. The number of aliphatic hydroxyl groups excluding tert-OH is 1. The van der Waals surface area contributed by atoms with Crippen LogP contribution in [0.15, 0.2) is 36.4 Å². The Morgan fingerprint density at radius 3 is 2.46 bits per heavy atom. The molecule has 37 heavy (non-hydrogen) atoms. The van der Waals surface area contributed by atoms with E-state index in [-0.39, 0.29) is 18.3 Å². The number of aryl methyl sites for hydroxylation is 1. The number of aliphatic hydroxyl groups is 1. The molecule has 1 heterocycles. The molecule has 2 aromatic carbocycles. The first kappa shape index (κ1) is 30.3. The number of hydrogen-bond acceptors (Lipinski definition) is 6. The summed E-state index contributed by atoms with van der Waals surface area (Å²) in [5.74, 6) is 1.56. The molecule has 8 nitrogen and oxygen atoms in total. The van der Waals surface area contributed by atoms with Crippen molar-refractivity contribution in [3.05, 3.63) is 58.4 Å². The number of halogens is 1. The van der Waals surface area contributed by atoms with E-state index < -0.39 is 6.10 Å². The Bertz CT molecular complexity index is 1140. The highest BCUT2D eigenvalue weighted by molar-refractivity contribution is 6.30. The van der Waals surface area contributed by atoms with Gasteiger partial charge in [0.1, 0.15) is 24.5 Å².